The minimum Gasteiger partial charge on any atom is -0.478 e. The number of rotatable bonds is 4. The van der Waals surface area contributed by atoms with Crippen molar-refractivity contribution in [2.24, 2.45) is 7.05 Å². The lowest BCUT2D eigenvalue weighted by atomic mass is 10.2. The molecule has 1 heterocycles. The molecule has 0 spiro atoms. The van der Waals surface area contributed by atoms with Crippen LogP contribution in [0.15, 0.2) is 42.7 Å². The molecule has 0 saturated heterocycles. The van der Waals surface area contributed by atoms with Crippen molar-refractivity contribution in [3.63, 3.8) is 0 Å². The maximum Gasteiger partial charge on any atom is 0.328 e. The van der Waals surface area contributed by atoms with Gasteiger partial charge in [0.2, 0.25) is 0 Å². The Balaban J connectivity index is 2.11. The van der Waals surface area contributed by atoms with Crippen molar-refractivity contribution in [1.82, 2.24) is 9.78 Å². The first kappa shape index (κ1) is 13.5. The largest absolute Gasteiger partial charge is 0.478 e. The van der Waals surface area contributed by atoms with Gasteiger partial charge >= 0.3 is 5.97 Å². The number of anilines is 1. The summed E-state index contributed by atoms with van der Waals surface area (Å²) in [5.74, 6) is -1.28. The molecule has 0 aliphatic carbocycles. The van der Waals surface area contributed by atoms with Crippen LogP contribution in [0.5, 0.6) is 0 Å². The second kappa shape index (κ2) is 5.83. The van der Waals surface area contributed by atoms with Gasteiger partial charge in [-0.15, -0.1) is 0 Å². The van der Waals surface area contributed by atoms with Crippen LogP contribution in [0, 0.1) is 0 Å². The van der Waals surface area contributed by atoms with Crippen molar-refractivity contribution in [3.8, 4) is 0 Å². The van der Waals surface area contributed by atoms with Crippen LogP contribution in [-0.4, -0.2) is 26.8 Å². The fraction of sp³-hybridized carbons (Fsp3) is 0.0714. The van der Waals surface area contributed by atoms with E-state index in [0.29, 0.717) is 16.8 Å². The van der Waals surface area contributed by atoms with Crippen LogP contribution in [0.1, 0.15) is 15.9 Å². The van der Waals surface area contributed by atoms with E-state index in [4.69, 9.17) is 5.11 Å². The van der Waals surface area contributed by atoms with E-state index >= 15 is 0 Å². The molecule has 1 amide bonds. The summed E-state index contributed by atoms with van der Waals surface area (Å²) in [5.41, 5.74) is 1.74. The molecule has 6 heteroatoms. The highest BCUT2D eigenvalue weighted by Crippen LogP contribution is 2.13. The molecule has 1 aromatic heterocycles. The van der Waals surface area contributed by atoms with E-state index in [1.807, 2.05) is 0 Å². The zero-order valence-corrected chi connectivity index (χ0v) is 10.8. The van der Waals surface area contributed by atoms with Gasteiger partial charge in [0.1, 0.15) is 0 Å². The second-order valence-electron chi connectivity index (χ2n) is 4.15. The first-order valence-corrected chi connectivity index (χ1v) is 5.85. The number of aliphatic carboxylic acids is 1. The van der Waals surface area contributed by atoms with Gasteiger partial charge in [-0.05, 0) is 23.8 Å². The van der Waals surface area contributed by atoms with Crippen LogP contribution in [0.25, 0.3) is 6.08 Å². The summed E-state index contributed by atoms with van der Waals surface area (Å²) in [6, 6.07) is 6.90. The molecule has 2 rings (SSSR count). The van der Waals surface area contributed by atoms with E-state index in [1.165, 1.54) is 12.3 Å². The number of carboxylic acid groups (broad SMARTS) is 1. The molecule has 102 valence electrons. The number of carbonyl (C=O) groups excluding carboxylic acids is 1. The van der Waals surface area contributed by atoms with E-state index in [2.05, 4.69) is 10.4 Å². The van der Waals surface area contributed by atoms with Gasteiger partial charge < -0.3 is 10.4 Å². The Kier molecular flexibility index (Phi) is 3.95. The van der Waals surface area contributed by atoms with E-state index in [1.54, 1.807) is 42.2 Å². The van der Waals surface area contributed by atoms with Gasteiger partial charge in [0.15, 0.2) is 0 Å². The highest BCUT2D eigenvalue weighted by molar-refractivity contribution is 6.04. The molecule has 1 aromatic carbocycles. The number of carboxylic acids is 1. The maximum atomic E-state index is 11.9. The monoisotopic (exact) mass is 271 g/mol. The maximum absolute atomic E-state index is 11.9. The van der Waals surface area contributed by atoms with Gasteiger partial charge in [-0.1, -0.05) is 12.1 Å². The highest BCUT2D eigenvalue weighted by atomic mass is 16.4. The van der Waals surface area contributed by atoms with Crippen molar-refractivity contribution in [2.45, 2.75) is 0 Å². The standard InChI is InChI=1S/C14H13N3O3/c1-17-9-11(8-15-17)14(20)16-12-4-2-3-10(7-12)5-6-13(18)19/h2-9H,1H3,(H,16,20)(H,18,19). The lowest BCUT2D eigenvalue weighted by Gasteiger charge is -2.04. The molecule has 0 unspecified atom stereocenters. The van der Waals surface area contributed by atoms with Crippen LogP contribution in [0.3, 0.4) is 0 Å². The normalized spacial score (nSPS) is 10.7. The molecular weight excluding hydrogens is 258 g/mol. The molecule has 6 nitrogen and oxygen atoms in total. The number of aryl methyl sites for hydroxylation is 1. The lowest BCUT2D eigenvalue weighted by Crippen LogP contribution is -2.11. The summed E-state index contributed by atoms with van der Waals surface area (Å²) in [6.45, 7) is 0. The predicted molar refractivity (Wildman–Crippen MR) is 74.3 cm³/mol. The zero-order chi connectivity index (χ0) is 14.5. The summed E-state index contributed by atoms with van der Waals surface area (Å²) < 4.78 is 1.54. The minimum absolute atomic E-state index is 0.266. The fourth-order valence-corrected chi connectivity index (χ4v) is 1.63. The molecule has 0 aliphatic rings. The fourth-order valence-electron chi connectivity index (χ4n) is 1.63. The van der Waals surface area contributed by atoms with Gasteiger partial charge in [0.05, 0.1) is 11.8 Å². The van der Waals surface area contributed by atoms with Gasteiger partial charge in [-0.25, -0.2) is 4.79 Å². The quantitative estimate of drug-likeness (QED) is 0.830. The SMILES string of the molecule is Cn1cc(C(=O)Nc2cccc(C=CC(=O)O)c2)cn1. The Labute approximate surface area is 115 Å². The molecule has 20 heavy (non-hydrogen) atoms. The van der Waals surface area contributed by atoms with Crippen molar-refractivity contribution >= 4 is 23.6 Å². The Morgan fingerprint density at radius 2 is 2.20 bits per heavy atom. The van der Waals surface area contributed by atoms with Crippen LogP contribution in [0.2, 0.25) is 0 Å². The van der Waals surface area contributed by atoms with E-state index in [9.17, 15) is 9.59 Å². The molecule has 0 radical (unpaired) electrons. The summed E-state index contributed by atoms with van der Waals surface area (Å²) >= 11 is 0. The number of hydrogen-bond acceptors (Lipinski definition) is 3. The Morgan fingerprint density at radius 1 is 1.40 bits per heavy atom. The van der Waals surface area contributed by atoms with Crippen LogP contribution >= 0.6 is 0 Å². The Bertz CT molecular complexity index is 674. The van der Waals surface area contributed by atoms with Crippen LogP contribution in [0.4, 0.5) is 5.69 Å². The van der Waals surface area contributed by atoms with Crippen LogP contribution < -0.4 is 5.32 Å². The van der Waals surface area contributed by atoms with Gasteiger partial charge in [0.25, 0.3) is 5.91 Å². The molecule has 0 aliphatic heterocycles. The van der Waals surface area contributed by atoms with Gasteiger partial charge in [-0.2, -0.15) is 5.10 Å². The number of carbonyl (C=O) groups is 2. The number of aromatic nitrogens is 2. The molecule has 2 N–H and O–H groups in total. The number of nitrogens with one attached hydrogen (secondary N) is 1. The summed E-state index contributed by atoms with van der Waals surface area (Å²) in [6.07, 6.45) is 5.59. The smallest absolute Gasteiger partial charge is 0.328 e. The third-order valence-electron chi connectivity index (χ3n) is 2.53. The first-order valence-electron chi connectivity index (χ1n) is 5.85. The zero-order valence-electron chi connectivity index (χ0n) is 10.8. The average molecular weight is 271 g/mol. The van der Waals surface area contributed by atoms with Gasteiger partial charge in [0, 0.05) is 25.0 Å². The number of benzene rings is 1. The average Bonchev–Trinajstić information content (AvgIpc) is 2.84. The molecule has 0 atom stereocenters. The highest BCUT2D eigenvalue weighted by Gasteiger charge is 2.07. The van der Waals surface area contributed by atoms with E-state index in [-0.39, 0.29) is 5.91 Å². The Morgan fingerprint density at radius 3 is 2.85 bits per heavy atom. The van der Waals surface area contributed by atoms with Crippen molar-refractivity contribution in [2.75, 3.05) is 5.32 Å². The molecule has 0 bridgehead atoms. The number of amides is 1. The summed E-state index contributed by atoms with van der Waals surface area (Å²) in [4.78, 5) is 22.4. The third kappa shape index (κ3) is 3.55. The van der Waals surface area contributed by atoms with Crippen LogP contribution in [-0.2, 0) is 11.8 Å². The molecule has 0 saturated carbocycles. The van der Waals surface area contributed by atoms with Crippen molar-refractivity contribution < 1.29 is 14.7 Å². The lowest BCUT2D eigenvalue weighted by molar-refractivity contribution is -0.131. The number of nitrogens with zero attached hydrogens (tertiary/aromatic N) is 2. The van der Waals surface area contributed by atoms with Gasteiger partial charge in [-0.3, -0.25) is 9.48 Å². The summed E-state index contributed by atoms with van der Waals surface area (Å²) in [5, 5.41) is 15.2. The third-order valence-corrected chi connectivity index (χ3v) is 2.53. The molecule has 2 aromatic rings. The molecular formula is C14H13N3O3. The minimum atomic E-state index is -1.02. The topological polar surface area (TPSA) is 84.2 Å². The molecule has 0 fully saturated rings. The predicted octanol–water partition coefficient (Wildman–Crippen LogP) is 1.77. The second-order valence-corrected chi connectivity index (χ2v) is 4.15. The Hall–Kier alpha value is -2.89. The van der Waals surface area contributed by atoms with Crippen molar-refractivity contribution in [1.29, 1.82) is 0 Å². The number of hydrogen-bond donors (Lipinski definition) is 2. The first-order chi connectivity index (χ1) is 9.54. The van der Waals surface area contributed by atoms with E-state index in [0.717, 1.165) is 6.08 Å². The van der Waals surface area contributed by atoms with E-state index < -0.39 is 5.97 Å². The van der Waals surface area contributed by atoms with Crippen molar-refractivity contribution in [3.05, 3.63) is 53.9 Å². The summed E-state index contributed by atoms with van der Waals surface area (Å²) in [7, 11) is 1.73.